The number of rotatable bonds is 3. The van der Waals surface area contributed by atoms with Crippen LogP contribution in [-0.4, -0.2) is 4.98 Å². The Balaban J connectivity index is 1.94. The summed E-state index contributed by atoms with van der Waals surface area (Å²) in [4.78, 5) is 4.52. The Hall–Kier alpha value is -2.61. The quantitative estimate of drug-likeness (QED) is 0.642. The van der Waals surface area contributed by atoms with Gasteiger partial charge in [0.25, 0.3) is 0 Å². The lowest BCUT2D eigenvalue weighted by Gasteiger charge is -1.99. The van der Waals surface area contributed by atoms with Crippen LogP contribution in [0, 0.1) is 20.8 Å². The van der Waals surface area contributed by atoms with Crippen molar-refractivity contribution in [3.8, 4) is 11.3 Å². The Morgan fingerprint density at radius 3 is 2.00 bits per heavy atom. The van der Waals surface area contributed by atoms with Crippen LogP contribution >= 0.6 is 0 Å². The summed E-state index contributed by atoms with van der Waals surface area (Å²) >= 11 is 0. The van der Waals surface area contributed by atoms with Crippen molar-refractivity contribution in [1.82, 2.24) is 4.98 Å². The molecule has 2 nitrogen and oxygen atoms in total. The molecule has 110 valence electrons. The van der Waals surface area contributed by atoms with Crippen LogP contribution in [0.4, 0.5) is 0 Å². The van der Waals surface area contributed by atoms with Crippen LogP contribution in [0.15, 0.2) is 52.9 Å². The van der Waals surface area contributed by atoms with E-state index in [0.29, 0.717) is 5.89 Å². The summed E-state index contributed by atoms with van der Waals surface area (Å²) in [5.41, 5.74) is 5.61. The Labute approximate surface area is 131 Å². The summed E-state index contributed by atoms with van der Waals surface area (Å²) in [7, 11) is 0. The summed E-state index contributed by atoms with van der Waals surface area (Å²) < 4.78 is 5.75. The molecular weight excluding hydrogens is 270 g/mol. The van der Waals surface area contributed by atoms with Crippen LogP contribution in [0.2, 0.25) is 0 Å². The average Bonchev–Trinajstić information content (AvgIpc) is 2.88. The maximum Gasteiger partial charge on any atom is 0.192 e. The number of oxazole rings is 1. The van der Waals surface area contributed by atoms with Gasteiger partial charge in [-0.2, -0.15) is 0 Å². The predicted molar refractivity (Wildman–Crippen MR) is 91.5 cm³/mol. The van der Waals surface area contributed by atoms with Crippen molar-refractivity contribution in [3.05, 3.63) is 76.9 Å². The molecule has 0 unspecified atom stereocenters. The third kappa shape index (κ3) is 3.17. The van der Waals surface area contributed by atoms with Crippen LogP contribution in [0.3, 0.4) is 0 Å². The Kier molecular flexibility index (Phi) is 3.92. The van der Waals surface area contributed by atoms with E-state index in [2.05, 4.69) is 73.4 Å². The van der Waals surface area contributed by atoms with E-state index >= 15 is 0 Å². The SMILES string of the molecule is Cc1ccc(/C=C/c2oc(C)nc2-c2ccc(C)cc2)cc1. The Bertz CT molecular complexity index is 793. The number of aryl methyl sites for hydroxylation is 3. The molecule has 0 saturated carbocycles. The lowest BCUT2D eigenvalue weighted by Crippen LogP contribution is -1.82. The molecule has 0 fully saturated rings. The van der Waals surface area contributed by atoms with E-state index in [4.69, 9.17) is 4.42 Å². The molecule has 2 aromatic carbocycles. The fraction of sp³-hybridized carbons (Fsp3) is 0.150. The third-order valence-corrected chi connectivity index (χ3v) is 3.59. The zero-order valence-electron chi connectivity index (χ0n) is 13.1. The smallest absolute Gasteiger partial charge is 0.192 e. The van der Waals surface area contributed by atoms with Crippen LogP contribution < -0.4 is 0 Å². The maximum atomic E-state index is 5.75. The zero-order valence-corrected chi connectivity index (χ0v) is 13.1. The minimum Gasteiger partial charge on any atom is -0.441 e. The molecule has 3 aromatic rings. The molecule has 0 amide bonds. The molecule has 0 saturated heterocycles. The van der Waals surface area contributed by atoms with Gasteiger partial charge in [-0.15, -0.1) is 0 Å². The highest BCUT2D eigenvalue weighted by Crippen LogP contribution is 2.26. The van der Waals surface area contributed by atoms with E-state index in [1.807, 2.05) is 13.0 Å². The van der Waals surface area contributed by atoms with Gasteiger partial charge in [0.05, 0.1) is 0 Å². The van der Waals surface area contributed by atoms with Gasteiger partial charge in [-0.1, -0.05) is 65.7 Å². The third-order valence-electron chi connectivity index (χ3n) is 3.59. The Morgan fingerprint density at radius 2 is 1.36 bits per heavy atom. The van der Waals surface area contributed by atoms with E-state index in [0.717, 1.165) is 22.6 Å². The van der Waals surface area contributed by atoms with Gasteiger partial charge >= 0.3 is 0 Å². The summed E-state index contributed by atoms with van der Waals surface area (Å²) in [6.07, 6.45) is 4.04. The molecule has 0 aliphatic heterocycles. The van der Waals surface area contributed by atoms with Gasteiger partial charge in [0.15, 0.2) is 11.7 Å². The van der Waals surface area contributed by atoms with Crippen LogP contribution in [0.1, 0.15) is 28.3 Å². The first kappa shape index (κ1) is 14.3. The Morgan fingerprint density at radius 1 is 0.773 bits per heavy atom. The highest BCUT2D eigenvalue weighted by molar-refractivity contribution is 5.76. The fourth-order valence-electron chi connectivity index (χ4n) is 2.32. The fourth-order valence-corrected chi connectivity index (χ4v) is 2.32. The van der Waals surface area contributed by atoms with E-state index < -0.39 is 0 Å². The summed E-state index contributed by atoms with van der Waals surface area (Å²) in [6, 6.07) is 16.7. The highest BCUT2D eigenvalue weighted by atomic mass is 16.4. The topological polar surface area (TPSA) is 26.0 Å². The molecule has 0 aliphatic rings. The second kappa shape index (κ2) is 6.02. The van der Waals surface area contributed by atoms with E-state index in [1.165, 1.54) is 11.1 Å². The minimum absolute atomic E-state index is 0.680. The molecule has 2 heteroatoms. The lowest BCUT2D eigenvalue weighted by atomic mass is 10.1. The van der Waals surface area contributed by atoms with Crippen molar-refractivity contribution in [2.45, 2.75) is 20.8 Å². The average molecular weight is 289 g/mol. The summed E-state index contributed by atoms with van der Waals surface area (Å²) in [6.45, 7) is 6.04. The second-order valence-corrected chi connectivity index (χ2v) is 5.56. The molecule has 0 N–H and O–H groups in total. The number of nitrogens with zero attached hydrogens (tertiary/aromatic N) is 1. The standard InChI is InChI=1S/C20H19NO/c1-14-4-8-17(9-5-14)10-13-19-20(21-16(3)22-19)18-11-6-15(2)7-12-18/h4-13H,1-3H3/b13-10+. The van der Waals surface area contributed by atoms with Crippen LogP contribution in [0.5, 0.6) is 0 Å². The molecule has 1 aromatic heterocycles. The van der Waals surface area contributed by atoms with Crippen molar-refractivity contribution >= 4 is 12.2 Å². The zero-order chi connectivity index (χ0) is 15.5. The largest absolute Gasteiger partial charge is 0.441 e. The number of hydrogen-bond acceptors (Lipinski definition) is 2. The van der Waals surface area contributed by atoms with Gasteiger partial charge in [-0.3, -0.25) is 0 Å². The molecule has 0 radical (unpaired) electrons. The van der Waals surface area contributed by atoms with E-state index in [9.17, 15) is 0 Å². The van der Waals surface area contributed by atoms with Gasteiger partial charge in [0, 0.05) is 12.5 Å². The maximum absolute atomic E-state index is 5.75. The lowest BCUT2D eigenvalue weighted by molar-refractivity contribution is 0.513. The number of aromatic nitrogens is 1. The predicted octanol–water partition coefficient (Wildman–Crippen LogP) is 5.44. The van der Waals surface area contributed by atoms with Crippen molar-refractivity contribution in [2.24, 2.45) is 0 Å². The minimum atomic E-state index is 0.680. The van der Waals surface area contributed by atoms with E-state index in [1.54, 1.807) is 0 Å². The van der Waals surface area contributed by atoms with Gasteiger partial charge in [-0.25, -0.2) is 4.98 Å². The van der Waals surface area contributed by atoms with Crippen molar-refractivity contribution in [2.75, 3.05) is 0 Å². The first-order valence-corrected chi connectivity index (χ1v) is 7.41. The second-order valence-electron chi connectivity index (χ2n) is 5.56. The molecule has 1 heterocycles. The molecular formula is C20H19NO. The monoisotopic (exact) mass is 289 g/mol. The molecule has 0 atom stereocenters. The number of hydrogen-bond donors (Lipinski definition) is 0. The van der Waals surface area contributed by atoms with Gasteiger partial charge in [-0.05, 0) is 25.5 Å². The molecule has 3 rings (SSSR count). The normalized spacial score (nSPS) is 11.2. The van der Waals surface area contributed by atoms with Gasteiger partial charge in [0.1, 0.15) is 5.69 Å². The molecule has 0 bridgehead atoms. The summed E-state index contributed by atoms with van der Waals surface area (Å²) in [5, 5.41) is 0. The molecule has 0 spiro atoms. The first-order valence-electron chi connectivity index (χ1n) is 7.41. The highest BCUT2D eigenvalue weighted by Gasteiger charge is 2.10. The molecule has 22 heavy (non-hydrogen) atoms. The first-order chi connectivity index (χ1) is 10.6. The van der Waals surface area contributed by atoms with Crippen molar-refractivity contribution in [1.29, 1.82) is 0 Å². The van der Waals surface area contributed by atoms with Crippen molar-refractivity contribution in [3.63, 3.8) is 0 Å². The van der Waals surface area contributed by atoms with Gasteiger partial charge < -0.3 is 4.42 Å². The molecule has 0 aliphatic carbocycles. The van der Waals surface area contributed by atoms with Crippen LogP contribution in [0.25, 0.3) is 23.4 Å². The van der Waals surface area contributed by atoms with E-state index in [-0.39, 0.29) is 0 Å². The van der Waals surface area contributed by atoms with Crippen molar-refractivity contribution < 1.29 is 4.42 Å². The summed E-state index contributed by atoms with van der Waals surface area (Å²) in [5.74, 6) is 1.47. The van der Waals surface area contributed by atoms with Crippen LogP contribution in [-0.2, 0) is 0 Å². The van der Waals surface area contributed by atoms with Gasteiger partial charge in [0.2, 0.25) is 0 Å². The number of benzene rings is 2.